The minimum absolute atomic E-state index is 0.0587. The predicted molar refractivity (Wildman–Crippen MR) is 111 cm³/mol. The van der Waals surface area contributed by atoms with E-state index in [0.717, 1.165) is 26.2 Å². The first-order chi connectivity index (χ1) is 13.5. The molecule has 0 unspecified atom stereocenters. The first kappa shape index (κ1) is 19.8. The third kappa shape index (κ3) is 4.45. The summed E-state index contributed by atoms with van der Waals surface area (Å²) in [6.07, 6.45) is 1.72. The largest absolute Gasteiger partial charge is 0.481 e. The fourth-order valence-corrected chi connectivity index (χ4v) is 4.01. The number of carboxylic acid groups (broad SMARTS) is 1. The summed E-state index contributed by atoms with van der Waals surface area (Å²) in [5.74, 6) is -0.319. The van der Waals surface area contributed by atoms with Crippen LogP contribution in [-0.2, 0) is 9.59 Å². The molecule has 0 aliphatic rings. The van der Waals surface area contributed by atoms with Gasteiger partial charge >= 0.3 is 5.97 Å². The van der Waals surface area contributed by atoms with Crippen molar-refractivity contribution in [3.63, 3.8) is 0 Å². The number of thiophene rings is 1. The van der Waals surface area contributed by atoms with Crippen LogP contribution in [0, 0.1) is 6.92 Å². The van der Waals surface area contributed by atoms with Crippen molar-refractivity contribution in [3.8, 4) is 11.1 Å². The van der Waals surface area contributed by atoms with Crippen molar-refractivity contribution < 1.29 is 14.7 Å². The molecule has 146 valence electrons. The highest BCUT2D eigenvalue weighted by Gasteiger charge is 2.17. The molecule has 2 N–H and O–H groups in total. The van der Waals surface area contributed by atoms with Gasteiger partial charge in [0, 0.05) is 37.0 Å². The number of amides is 1. The summed E-state index contributed by atoms with van der Waals surface area (Å²) < 4.78 is 0. The van der Waals surface area contributed by atoms with Gasteiger partial charge in [-0.2, -0.15) is 0 Å². The van der Waals surface area contributed by atoms with Crippen LogP contribution in [0.1, 0.15) is 17.7 Å². The Labute approximate surface area is 167 Å². The first-order valence-corrected chi connectivity index (χ1v) is 9.78. The lowest BCUT2D eigenvalue weighted by Crippen LogP contribution is -2.30. The van der Waals surface area contributed by atoms with Gasteiger partial charge in [-0.05, 0) is 12.5 Å². The smallest absolute Gasteiger partial charge is 0.305 e. The fourth-order valence-electron chi connectivity index (χ4n) is 3.00. The summed E-state index contributed by atoms with van der Waals surface area (Å²) in [4.78, 5) is 35.1. The van der Waals surface area contributed by atoms with Crippen LogP contribution in [-0.4, -0.2) is 52.0 Å². The Hall–Kier alpha value is -3.00. The lowest BCUT2D eigenvalue weighted by molar-refractivity contribution is -0.138. The van der Waals surface area contributed by atoms with Crippen LogP contribution in [0.5, 0.6) is 0 Å². The zero-order chi connectivity index (χ0) is 20.1. The molecule has 0 radical (unpaired) electrons. The molecule has 28 heavy (non-hydrogen) atoms. The van der Waals surface area contributed by atoms with E-state index in [9.17, 15) is 9.59 Å². The van der Waals surface area contributed by atoms with E-state index >= 15 is 0 Å². The second kappa shape index (κ2) is 8.79. The summed E-state index contributed by atoms with van der Waals surface area (Å²) in [7, 11) is 1.61. The molecular formula is C20H22N4O3S. The zero-order valence-electron chi connectivity index (χ0n) is 15.8. The molecule has 2 aromatic heterocycles. The Bertz CT molecular complexity index is 988. The Morgan fingerprint density at radius 2 is 1.93 bits per heavy atom. The number of nitrogens with one attached hydrogen (secondary N) is 1. The van der Waals surface area contributed by atoms with E-state index in [4.69, 9.17) is 5.11 Å². The number of carboxylic acids is 1. The lowest BCUT2D eigenvalue weighted by Gasteiger charge is -2.16. The quantitative estimate of drug-likeness (QED) is 0.604. The third-order valence-corrected chi connectivity index (χ3v) is 5.46. The number of aryl methyl sites for hydroxylation is 1. The maximum Gasteiger partial charge on any atom is 0.305 e. The Balaban J connectivity index is 1.75. The van der Waals surface area contributed by atoms with Gasteiger partial charge in [0.1, 0.15) is 17.0 Å². The molecule has 7 nitrogen and oxygen atoms in total. The van der Waals surface area contributed by atoms with E-state index in [1.165, 1.54) is 11.2 Å². The number of carbonyl (C=O) groups is 2. The van der Waals surface area contributed by atoms with E-state index in [2.05, 4.69) is 34.3 Å². The van der Waals surface area contributed by atoms with Gasteiger partial charge in [0.05, 0.1) is 11.8 Å². The van der Waals surface area contributed by atoms with Crippen molar-refractivity contribution in [2.45, 2.75) is 19.8 Å². The van der Waals surface area contributed by atoms with E-state index in [-0.39, 0.29) is 25.3 Å². The predicted octanol–water partition coefficient (Wildman–Crippen LogP) is 3.40. The van der Waals surface area contributed by atoms with E-state index in [1.54, 1.807) is 18.4 Å². The molecule has 8 heteroatoms. The van der Waals surface area contributed by atoms with E-state index in [1.807, 2.05) is 18.2 Å². The van der Waals surface area contributed by atoms with Crippen molar-refractivity contribution in [2.75, 3.05) is 25.5 Å². The maximum absolute atomic E-state index is 12.2. The molecule has 0 saturated carbocycles. The van der Waals surface area contributed by atoms with Gasteiger partial charge in [0.2, 0.25) is 5.91 Å². The number of hydrogen-bond donors (Lipinski definition) is 2. The molecule has 0 saturated heterocycles. The number of anilines is 1. The highest BCUT2D eigenvalue weighted by atomic mass is 32.1. The summed E-state index contributed by atoms with van der Waals surface area (Å²) in [5, 5.41) is 12.9. The van der Waals surface area contributed by atoms with Crippen LogP contribution in [0.4, 0.5) is 5.82 Å². The standard InChI is InChI=1S/C20H22N4O3S/c1-13-17(14-6-4-3-5-7-14)18-19(22-12-23-20(18)28-13)21-10-8-15(25)24(2)11-9-16(26)27/h3-7,12H,8-11H2,1-2H3,(H,26,27)(H,21,22,23). The van der Waals surface area contributed by atoms with Gasteiger partial charge in [-0.3, -0.25) is 9.59 Å². The Morgan fingerprint density at radius 3 is 2.64 bits per heavy atom. The molecule has 0 aliphatic carbocycles. The minimum atomic E-state index is -0.914. The highest BCUT2D eigenvalue weighted by molar-refractivity contribution is 7.19. The molecule has 0 fully saturated rings. The number of carbonyl (C=O) groups excluding carboxylic acids is 1. The van der Waals surface area contributed by atoms with Gasteiger partial charge in [0.15, 0.2) is 0 Å². The SMILES string of the molecule is Cc1sc2ncnc(NCCC(=O)N(C)CCC(=O)O)c2c1-c1ccccc1. The fraction of sp³-hybridized carbons (Fsp3) is 0.300. The van der Waals surface area contributed by atoms with Gasteiger partial charge < -0.3 is 15.3 Å². The van der Waals surface area contributed by atoms with Crippen LogP contribution in [0.3, 0.4) is 0 Å². The van der Waals surface area contributed by atoms with E-state index in [0.29, 0.717) is 12.4 Å². The number of aliphatic carboxylic acids is 1. The van der Waals surface area contributed by atoms with Crippen molar-refractivity contribution in [3.05, 3.63) is 41.5 Å². The molecule has 0 aliphatic heterocycles. The van der Waals surface area contributed by atoms with E-state index < -0.39 is 5.97 Å². The number of hydrogen-bond acceptors (Lipinski definition) is 6. The summed E-state index contributed by atoms with van der Waals surface area (Å²) in [6, 6.07) is 10.1. The van der Waals surface area contributed by atoms with Crippen LogP contribution in [0.15, 0.2) is 36.7 Å². The van der Waals surface area contributed by atoms with Crippen LogP contribution in [0.2, 0.25) is 0 Å². The van der Waals surface area contributed by atoms with Crippen LogP contribution < -0.4 is 5.32 Å². The summed E-state index contributed by atoms with van der Waals surface area (Å²) in [5.41, 5.74) is 2.21. The second-order valence-electron chi connectivity index (χ2n) is 6.44. The number of rotatable bonds is 8. The normalized spacial score (nSPS) is 10.8. The molecule has 0 bridgehead atoms. The number of nitrogens with zero attached hydrogens (tertiary/aromatic N) is 3. The maximum atomic E-state index is 12.2. The van der Waals surface area contributed by atoms with Crippen LogP contribution in [0.25, 0.3) is 21.3 Å². The summed E-state index contributed by atoms with van der Waals surface area (Å²) in [6.45, 7) is 2.68. The van der Waals surface area contributed by atoms with Crippen molar-refractivity contribution >= 4 is 39.2 Å². The van der Waals surface area contributed by atoms with Gasteiger partial charge in [-0.25, -0.2) is 9.97 Å². The van der Waals surface area contributed by atoms with Crippen molar-refractivity contribution in [1.82, 2.24) is 14.9 Å². The number of aromatic nitrogens is 2. The van der Waals surface area contributed by atoms with Gasteiger partial charge in [-0.15, -0.1) is 11.3 Å². The molecule has 1 amide bonds. The first-order valence-electron chi connectivity index (χ1n) is 8.96. The number of benzene rings is 1. The van der Waals surface area contributed by atoms with Crippen molar-refractivity contribution in [1.29, 1.82) is 0 Å². The lowest BCUT2D eigenvalue weighted by atomic mass is 10.0. The Morgan fingerprint density at radius 1 is 1.18 bits per heavy atom. The average Bonchev–Trinajstić information content (AvgIpc) is 3.03. The second-order valence-corrected chi connectivity index (χ2v) is 7.64. The molecular weight excluding hydrogens is 376 g/mol. The molecule has 3 rings (SSSR count). The molecule has 1 aromatic carbocycles. The zero-order valence-corrected chi connectivity index (χ0v) is 16.6. The minimum Gasteiger partial charge on any atom is -0.481 e. The topological polar surface area (TPSA) is 95.4 Å². The summed E-state index contributed by atoms with van der Waals surface area (Å²) >= 11 is 1.62. The molecule has 0 spiro atoms. The van der Waals surface area contributed by atoms with Gasteiger partial charge in [-0.1, -0.05) is 30.3 Å². The number of fused-ring (bicyclic) bond motifs is 1. The highest BCUT2D eigenvalue weighted by Crippen LogP contribution is 2.40. The average molecular weight is 398 g/mol. The monoisotopic (exact) mass is 398 g/mol. The van der Waals surface area contributed by atoms with Crippen molar-refractivity contribution in [2.24, 2.45) is 0 Å². The van der Waals surface area contributed by atoms with Crippen LogP contribution >= 0.6 is 11.3 Å². The molecule has 0 atom stereocenters. The van der Waals surface area contributed by atoms with Gasteiger partial charge in [0.25, 0.3) is 0 Å². The molecule has 2 heterocycles. The Kier molecular flexibility index (Phi) is 6.20. The third-order valence-electron chi connectivity index (χ3n) is 4.44. The molecule has 3 aromatic rings.